The second kappa shape index (κ2) is 8.86. The summed E-state index contributed by atoms with van der Waals surface area (Å²) in [5.74, 6) is 0.343. The van der Waals surface area contributed by atoms with Gasteiger partial charge in [-0.2, -0.15) is 0 Å². The summed E-state index contributed by atoms with van der Waals surface area (Å²) in [4.78, 5) is 30.0. The van der Waals surface area contributed by atoms with Crippen molar-refractivity contribution >= 4 is 28.3 Å². The minimum Gasteiger partial charge on any atom is -0.370 e. The molecule has 1 amide bonds. The number of aromatic nitrogens is 3. The first-order valence-corrected chi connectivity index (χ1v) is 11.2. The van der Waals surface area contributed by atoms with Gasteiger partial charge in [0, 0.05) is 67.3 Å². The van der Waals surface area contributed by atoms with Crippen LogP contribution in [0.2, 0.25) is 0 Å². The highest BCUT2D eigenvalue weighted by atomic mass is 16.2. The molecule has 1 saturated heterocycles. The number of aryl methyl sites for hydroxylation is 1. The predicted octanol–water partition coefficient (Wildman–Crippen LogP) is 3.93. The smallest absolute Gasteiger partial charge is 0.253 e. The fourth-order valence-electron chi connectivity index (χ4n) is 4.33. The van der Waals surface area contributed by atoms with Crippen LogP contribution in [-0.2, 0) is 0 Å². The zero-order valence-corrected chi connectivity index (χ0v) is 18.6. The van der Waals surface area contributed by atoms with Crippen LogP contribution in [0.4, 0.5) is 11.6 Å². The van der Waals surface area contributed by atoms with Gasteiger partial charge in [-0.1, -0.05) is 18.2 Å². The molecule has 0 spiro atoms. The Bertz CT molecular complexity index is 1300. The van der Waals surface area contributed by atoms with Gasteiger partial charge in [0.05, 0.1) is 0 Å². The SMILES string of the molecule is Cc1cc(N2CCCN(C(=O)c3ccc4cc(-c5cnc(N)nc5)ccc4c3)CC2)ccn1. The topological polar surface area (TPSA) is 88.2 Å². The van der Waals surface area contributed by atoms with Crippen LogP contribution in [0.3, 0.4) is 0 Å². The zero-order valence-electron chi connectivity index (χ0n) is 18.6. The molecule has 4 aromatic rings. The average Bonchev–Trinajstić information content (AvgIpc) is 3.10. The van der Waals surface area contributed by atoms with Crippen molar-refractivity contribution in [3.8, 4) is 11.1 Å². The molecule has 0 atom stereocenters. The summed E-state index contributed by atoms with van der Waals surface area (Å²) in [5, 5.41) is 2.10. The highest BCUT2D eigenvalue weighted by molar-refractivity contribution is 5.99. The van der Waals surface area contributed by atoms with Crippen molar-refractivity contribution < 1.29 is 4.79 Å². The van der Waals surface area contributed by atoms with Crippen molar-refractivity contribution in [2.75, 3.05) is 36.8 Å². The number of carbonyl (C=O) groups is 1. The molecule has 1 aliphatic heterocycles. The molecular weight excluding hydrogens is 412 g/mol. The van der Waals surface area contributed by atoms with Gasteiger partial charge in [-0.3, -0.25) is 9.78 Å². The molecular formula is C26H26N6O. The Morgan fingerprint density at radius 1 is 0.848 bits per heavy atom. The minimum atomic E-state index is 0.0840. The van der Waals surface area contributed by atoms with Gasteiger partial charge in [0.15, 0.2) is 0 Å². The lowest BCUT2D eigenvalue weighted by Crippen LogP contribution is -2.35. The first-order chi connectivity index (χ1) is 16.1. The van der Waals surface area contributed by atoms with Gasteiger partial charge >= 0.3 is 0 Å². The van der Waals surface area contributed by atoms with E-state index in [1.807, 2.05) is 54.4 Å². The Balaban J connectivity index is 1.32. The first-order valence-electron chi connectivity index (χ1n) is 11.2. The number of benzene rings is 2. The van der Waals surface area contributed by atoms with Gasteiger partial charge in [0.25, 0.3) is 5.91 Å². The number of rotatable bonds is 3. The van der Waals surface area contributed by atoms with E-state index < -0.39 is 0 Å². The number of anilines is 2. The Morgan fingerprint density at radius 2 is 1.64 bits per heavy atom. The fraction of sp³-hybridized carbons (Fsp3) is 0.231. The van der Waals surface area contributed by atoms with E-state index in [9.17, 15) is 4.79 Å². The molecule has 2 N–H and O–H groups in total. The van der Waals surface area contributed by atoms with E-state index in [1.54, 1.807) is 12.4 Å². The third-order valence-electron chi connectivity index (χ3n) is 6.12. The molecule has 7 nitrogen and oxygen atoms in total. The second-order valence-corrected chi connectivity index (χ2v) is 8.39. The molecule has 0 radical (unpaired) electrons. The number of hydrogen-bond acceptors (Lipinski definition) is 6. The molecule has 0 unspecified atom stereocenters. The van der Waals surface area contributed by atoms with Gasteiger partial charge in [-0.05, 0) is 60.0 Å². The molecule has 1 aliphatic rings. The Kier molecular flexibility index (Phi) is 5.60. The number of fused-ring (bicyclic) bond motifs is 1. The summed E-state index contributed by atoms with van der Waals surface area (Å²) in [6.45, 7) is 5.21. The summed E-state index contributed by atoms with van der Waals surface area (Å²) in [6, 6.07) is 16.2. The van der Waals surface area contributed by atoms with Gasteiger partial charge in [-0.25, -0.2) is 9.97 Å². The van der Waals surface area contributed by atoms with Crippen LogP contribution in [0.25, 0.3) is 21.9 Å². The summed E-state index contributed by atoms with van der Waals surface area (Å²) in [6.07, 6.45) is 6.22. The van der Waals surface area contributed by atoms with E-state index in [0.29, 0.717) is 6.54 Å². The van der Waals surface area contributed by atoms with Crippen molar-refractivity contribution in [3.05, 3.63) is 78.4 Å². The lowest BCUT2D eigenvalue weighted by molar-refractivity contribution is 0.0767. The van der Waals surface area contributed by atoms with Crippen LogP contribution >= 0.6 is 0 Å². The highest BCUT2D eigenvalue weighted by Gasteiger charge is 2.21. The van der Waals surface area contributed by atoms with E-state index in [-0.39, 0.29) is 11.9 Å². The molecule has 2 aromatic heterocycles. The van der Waals surface area contributed by atoms with Crippen LogP contribution in [0.15, 0.2) is 67.1 Å². The van der Waals surface area contributed by atoms with E-state index >= 15 is 0 Å². The molecule has 0 saturated carbocycles. The average molecular weight is 439 g/mol. The molecule has 3 heterocycles. The van der Waals surface area contributed by atoms with E-state index in [2.05, 4.69) is 32.0 Å². The van der Waals surface area contributed by atoms with Crippen molar-refractivity contribution in [3.63, 3.8) is 0 Å². The number of pyridine rings is 1. The lowest BCUT2D eigenvalue weighted by Gasteiger charge is -2.24. The van der Waals surface area contributed by atoms with Crippen LogP contribution in [0, 0.1) is 6.92 Å². The van der Waals surface area contributed by atoms with E-state index in [0.717, 1.165) is 59.2 Å². The fourth-order valence-corrected chi connectivity index (χ4v) is 4.33. The minimum absolute atomic E-state index is 0.0840. The first kappa shape index (κ1) is 20.9. The Morgan fingerprint density at radius 3 is 2.45 bits per heavy atom. The summed E-state index contributed by atoms with van der Waals surface area (Å²) in [5.41, 5.74) is 10.4. The van der Waals surface area contributed by atoms with Crippen LogP contribution < -0.4 is 10.6 Å². The standard InChI is InChI=1S/C26H26N6O/c1-18-13-24(7-8-28-18)31-9-2-10-32(12-11-31)25(33)22-6-5-19-14-21(4-3-20(19)15-22)23-16-29-26(27)30-17-23/h3-8,13-17H,2,9-12H2,1H3,(H2,27,29,30). The maximum Gasteiger partial charge on any atom is 0.253 e. The zero-order chi connectivity index (χ0) is 22.8. The quantitative estimate of drug-likeness (QED) is 0.521. The number of nitrogens with zero attached hydrogens (tertiary/aromatic N) is 5. The summed E-state index contributed by atoms with van der Waals surface area (Å²) in [7, 11) is 0. The molecule has 33 heavy (non-hydrogen) atoms. The number of nitrogen functional groups attached to an aromatic ring is 1. The van der Waals surface area contributed by atoms with Crippen LogP contribution in [0.5, 0.6) is 0 Å². The normalized spacial score (nSPS) is 14.3. The largest absolute Gasteiger partial charge is 0.370 e. The summed E-state index contributed by atoms with van der Waals surface area (Å²) < 4.78 is 0. The Labute approximate surface area is 192 Å². The molecule has 2 aromatic carbocycles. The highest BCUT2D eigenvalue weighted by Crippen LogP contribution is 2.25. The maximum atomic E-state index is 13.3. The molecule has 1 fully saturated rings. The van der Waals surface area contributed by atoms with Gasteiger partial charge in [0.2, 0.25) is 5.95 Å². The second-order valence-electron chi connectivity index (χ2n) is 8.39. The predicted molar refractivity (Wildman–Crippen MR) is 131 cm³/mol. The van der Waals surface area contributed by atoms with E-state index in [1.165, 1.54) is 5.69 Å². The van der Waals surface area contributed by atoms with Gasteiger partial charge in [0.1, 0.15) is 0 Å². The van der Waals surface area contributed by atoms with Crippen LogP contribution in [-0.4, -0.2) is 51.9 Å². The van der Waals surface area contributed by atoms with Crippen molar-refractivity contribution in [2.24, 2.45) is 0 Å². The van der Waals surface area contributed by atoms with Crippen molar-refractivity contribution in [1.29, 1.82) is 0 Å². The van der Waals surface area contributed by atoms with Gasteiger partial charge < -0.3 is 15.5 Å². The van der Waals surface area contributed by atoms with E-state index in [4.69, 9.17) is 5.73 Å². The van der Waals surface area contributed by atoms with Crippen molar-refractivity contribution in [1.82, 2.24) is 19.9 Å². The molecule has 5 rings (SSSR count). The monoisotopic (exact) mass is 438 g/mol. The number of hydrogen-bond donors (Lipinski definition) is 1. The maximum absolute atomic E-state index is 13.3. The number of amides is 1. The summed E-state index contributed by atoms with van der Waals surface area (Å²) >= 11 is 0. The molecule has 0 bridgehead atoms. The molecule has 0 aliphatic carbocycles. The third kappa shape index (κ3) is 4.48. The van der Waals surface area contributed by atoms with Crippen molar-refractivity contribution in [2.45, 2.75) is 13.3 Å². The Hall–Kier alpha value is -4.00. The molecule has 166 valence electrons. The number of nitrogens with two attached hydrogens (primary N) is 1. The molecule has 7 heteroatoms. The lowest BCUT2D eigenvalue weighted by atomic mass is 10.0. The van der Waals surface area contributed by atoms with Crippen LogP contribution in [0.1, 0.15) is 22.5 Å². The van der Waals surface area contributed by atoms with Gasteiger partial charge in [-0.15, -0.1) is 0 Å². The third-order valence-corrected chi connectivity index (χ3v) is 6.12. The number of carbonyl (C=O) groups excluding carboxylic acids is 1.